The van der Waals surface area contributed by atoms with Crippen molar-refractivity contribution in [2.24, 2.45) is 0 Å². The summed E-state index contributed by atoms with van der Waals surface area (Å²) in [6, 6.07) is 10.6. The Kier molecular flexibility index (Phi) is 5.66. The summed E-state index contributed by atoms with van der Waals surface area (Å²) in [5.74, 6) is 0.282. The van der Waals surface area contributed by atoms with Gasteiger partial charge in [-0.1, -0.05) is 0 Å². The van der Waals surface area contributed by atoms with Crippen molar-refractivity contribution in [1.29, 1.82) is 0 Å². The summed E-state index contributed by atoms with van der Waals surface area (Å²) in [5, 5.41) is 0. The Morgan fingerprint density at radius 2 is 1.03 bits per heavy atom. The van der Waals surface area contributed by atoms with Crippen molar-refractivity contribution >= 4 is 11.4 Å². The van der Waals surface area contributed by atoms with E-state index < -0.39 is 34.9 Å². The molecule has 0 saturated carbocycles. The van der Waals surface area contributed by atoms with Gasteiger partial charge in [-0.15, -0.1) is 0 Å². The van der Waals surface area contributed by atoms with Crippen LogP contribution in [0.2, 0.25) is 0 Å². The van der Waals surface area contributed by atoms with E-state index in [1.54, 1.807) is 6.92 Å². The second-order valence-corrected chi connectivity index (χ2v) is 6.63. The molecule has 0 unspecified atom stereocenters. The highest BCUT2D eigenvalue weighted by Gasteiger charge is 2.34. The van der Waals surface area contributed by atoms with E-state index in [0.29, 0.717) is 5.56 Å². The fraction of sp³-hybridized carbons (Fsp3) is 0.143. The molecule has 0 aliphatic carbocycles. The fourth-order valence-electron chi connectivity index (χ4n) is 2.75. The minimum absolute atomic E-state index is 0.0772. The number of hydrogen-bond acceptors (Lipinski definition) is 4. The summed E-state index contributed by atoms with van der Waals surface area (Å²) in [4.78, 5) is 0. The molecule has 4 nitrogen and oxygen atoms in total. The minimum atomic E-state index is -4.63. The molecule has 0 spiro atoms. The first-order valence-electron chi connectivity index (χ1n) is 8.74. The number of hydrogen-bond donors (Lipinski definition) is 2. The highest BCUT2D eigenvalue weighted by molar-refractivity contribution is 5.54. The van der Waals surface area contributed by atoms with E-state index in [4.69, 9.17) is 20.9 Å². The molecule has 164 valence electrons. The zero-order chi connectivity index (χ0) is 23.0. The molecule has 0 aliphatic rings. The molecule has 3 aromatic rings. The van der Waals surface area contributed by atoms with Gasteiger partial charge in [0.05, 0.1) is 11.1 Å². The lowest BCUT2D eigenvalue weighted by atomic mass is 10.1. The van der Waals surface area contributed by atoms with Gasteiger partial charge >= 0.3 is 12.4 Å². The van der Waals surface area contributed by atoms with Crippen molar-refractivity contribution in [2.75, 3.05) is 11.5 Å². The highest BCUT2D eigenvalue weighted by Crippen LogP contribution is 2.39. The quantitative estimate of drug-likeness (QED) is 0.345. The lowest BCUT2D eigenvalue weighted by Crippen LogP contribution is -2.09. The van der Waals surface area contributed by atoms with E-state index in [9.17, 15) is 26.3 Å². The van der Waals surface area contributed by atoms with Crippen LogP contribution < -0.4 is 20.9 Å². The molecule has 0 aliphatic heterocycles. The number of anilines is 2. The molecule has 0 fully saturated rings. The molecule has 10 heteroatoms. The Balaban J connectivity index is 1.82. The lowest BCUT2D eigenvalue weighted by Gasteiger charge is -2.15. The molecule has 31 heavy (non-hydrogen) atoms. The van der Waals surface area contributed by atoms with Crippen LogP contribution >= 0.6 is 0 Å². The van der Waals surface area contributed by atoms with E-state index in [2.05, 4.69) is 0 Å². The first-order valence-corrected chi connectivity index (χ1v) is 8.74. The Morgan fingerprint density at radius 3 is 1.48 bits per heavy atom. The molecular weight excluding hydrogens is 426 g/mol. The van der Waals surface area contributed by atoms with E-state index in [1.807, 2.05) is 0 Å². The summed E-state index contributed by atoms with van der Waals surface area (Å²) in [5.41, 5.74) is 8.31. The Bertz CT molecular complexity index is 1110. The smallest absolute Gasteiger partial charge is 0.418 e. The topological polar surface area (TPSA) is 70.5 Å². The Hall–Kier alpha value is -3.56. The van der Waals surface area contributed by atoms with E-state index in [1.165, 1.54) is 30.3 Å². The molecule has 0 bridgehead atoms. The normalized spacial score (nSPS) is 12.0. The number of rotatable bonds is 4. The maximum Gasteiger partial charge on any atom is 0.418 e. The van der Waals surface area contributed by atoms with Crippen LogP contribution in [-0.4, -0.2) is 0 Å². The molecular formula is C21H16F6N2O2. The van der Waals surface area contributed by atoms with Crippen LogP contribution in [0.15, 0.2) is 54.6 Å². The maximum absolute atomic E-state index is 13.0. The van der Waals surface area contributed by atoms with Crippen molar-refractivity contribution in [1.82, 2.24) is 0 Å². The molecule has 0 amide bonds. The molecule has 3 aromatic carbocycles. The predicted molar refractivity (Wildman–Crippen MR) is 103 cm³/mol. The first-order chi connectivity index (χ1) is 14.3. The van der Waals surface area contributed by atoms with Gasteiger partial charge in [0.25, 0.3) is 0 Å². The number of nitrogen functional groups attached to an aromatic ring is 2. The van der Waals surface area contributed by atoms with Crippen LogP contribution in [0.5, 0.6) is 23.0 Å². The molecule has 4 N–H and O–H groups in total. The zero-order valence-electron chi connectivity index (χ0n) is 15.9. The van der Waals surface area contributed by atoms with Gasteiger partial charge in [0.1, 0.15) is 23.0 Å². The highest BCUT2D eigenvalue weighted by atomic mass is 19.4. The zero-order valence-corrected chi connectivity index (χ0v) is 15.9. The van der Waals surface area contributed by atoms with E-state index in [-0.39, 0.29) is 23.0 Å². The SMILES string of the molecule is Cc1cc(Oc2ccc(N)c(C(F)(F)F)c2)ccc1Oc1ccc(N)c(C(F)(F)F)c1. The minimum Gasteiger partial charge on any atom is -0.457 e. The molecule has 3 rings (SSSR count). The van der Waals surface area contributed by atoms with Crippen molar-refractivity contribution in [2.45, 2.75) is 19.3 Å². The first kappa shape index (κ1) is 22.1. The third-order valence-electron chi connectivity index (χ3n) is 4.27. The monoisotopic (exact) mass is 442 g/mol. The third kappa shape index (κ3) is 5.14. The molecule has 0 heterocycles. The lowest BCUT2D eigenvalue weighted by molar-refractivity contribution is -0.137. The standard InChI is InChI=1S/C21H16F6N2O2/c1-11-8-12(30-13-2-5-17(28)15(9-13)20(22,23)24)4-7-19(11)31-14-3-6-18(29)16(10-14)21(25,26)27/h2-10H,28-29H2,1H3. The maximum atomic E-state index is 13.0. The summed E-state index contributed by atoms with van der Waals surface area (Å²) >= 11 is 0. The summed E-state index contributed by atoms with van der Waals surface area (Å²) in [6.07, 6.45) is -9.27. The van der Waals surface area contributed by atoms with Crippen molar-refractivity contribution in [3.05, 3.63) is 71.3 Å². The van der Waals surface area contributed by atoms with Gasteiger partial charge in [-0.2, -0.15) is 26.3 Å². The molecule has 0 radical (unpaired) electrons. The second-order valence-electron chi connectivity index (χ2n) is 6.63. The van der Waals surface area contributed by atoms with Gasteiger partial charge in [-0.25, -0.2) is 0 Å². The van der Waals surface area contributed by atoms with E-state index in [0.717, 1.165) is 24.3 Å². The van der Waals surface area contributed by atoms with Crippen molar-refractivity contribution in [3.8, 4) is 23.0 Å². The van der Waals surface area contributed by atoms with E-state index >= 15 is 0 Å². The van der Waals surface area contributed by atoms with Gasteiger partial charge < -0.3 is 20.9 Å². The summed E-state index contributed by atoms with van der Waals surface area (Å²) in [7, 11) is 0. The summed E-state index contributed by atoms with van der Waals surface area (Å²) < 4.78 is 88.9. The van der Waals surface area contributed by atoms with Gasteiger partial charge in [0.2, 0.25) is 0 Å². The van der Waals surface area contributed by atoms with Crippen molar-refractivity contribution < 1.29 is 35.8 Å². The van der Waals surface area contributed by atoms with Crippen LogP contribution in [0.25, 0.3) is 0 Å². The number of alkyl halides is 6. The molecule has 0 aromatic heterocycles. The third-order valence-corrected chi connectivity index (χ3v) is 4.27. The molecule has 0 atom stereocenters. The average molecular weight is 442 g/mol. The van der Waals surface area contributed by atoms with Gasteiger partial charge in [0.15, 0.2) is 0 Å². The number of aryl methyl sites for hydroxylation is 1. The average Bonchev–Trinajstić information content (AvgIpc) is 2.65. The van der Waals surface area contributed by atoms with Crippen LogP contribution in [0.3, 0.4) is 0 Å². The van der Waals surface area contributed by atoms with Gasteiger partial charge in [-0.05, 0) is 67.1 Å². The number of benzene rings is 3. The molecule has 0 saturated heterocycles. The Labute approximate surface area is 173 Å². The number of halogens is 6. The second kappa shape index (κ2) is 7.93. The number of nitrogens with two attached hydrogens (primary N) is 2. The fourth-order valence-corrected chi connectivity index (χ4v) is 2.75. The van der Waals surface area contributed by atoms with Gasteiger partial charge in [0, 0.05) is 11.4 Å². The summed E-state index contributed by atoms with van der Waals surface area (Å²) in [6.45, 7) is 1.61. The van der Waals surface area contributed by atoms with Crippen LogP contribution in [0.4, 0.5) is 37.7 Å². The van der Waals surface area contributed by atoms with Crippen LogP contribution in [0.1, 0.15) is 16.7 Å². The van der Waals surface area contributed by atoms with Crippen molar-refractivity contribution in [3.63, 3.8) is 0 Å². The predicted octanol–water partition coefficient (Wildman–Crippen LogP) is 6.78. The Morgan fingerprint density at radius 1 is 0.613 bits per heavy atom. The largest absolute Gasteiger partial charge is 0.457 e. The number of ether oxygens (including phenoxy) is 2. The van der Waals surface area contributed by atoms with Gasteiger partial charge in [-0.3, -0.25) is 0 Å². The van der Waals surface area contributed by atoms with Crippen LogP contribution in [0, 0.1) is 6.92 Å². The van der Waals surface area contributed by atoms with Crippen LogP contribution in [-0.2, 0) is 12.4 Å².